The molecule has 0 fully saturated rings. The number of hydrogen-bond donors (Lipinski definition) is 3. The number of aliphatic hydroxyl groups excluding tert-OH is 2. The number of hydrogen-bond acceptors (Lipinski definition) is 6. The number of halogens is 1. The van der Waals surface area contributed by atoms with Gasteiger partial charge in [0.1, 0.15) is 12.4 Å². The number of nitrogens with zero attached hydrogens (tertiary/aromatic N) is 3. The largest absolute Gasteiger partial charge is 0.491 e. The molecule has 0 unspecified atom stereocenters. The molecule has 0 bridgehead atoms. The van der Waals surface area contributed by atoms with Crippen LogP contribution >= 0.6 is 0 Å². The number of anilines is 2. The van der Waals surface area contributed by atoms with E-state index in [-0.39, 0.29) is 31.6 Å². The lowest BCUT2D eigenvalue weighted by atomic mass is 10.1. The lowest BCUT2D eigenvalue weighted by Gasteiger charge is -2.14. The number of rotatable bonds is 7. The highest BCUT2D eigenvalue weighted by molar-refractivity contribution is 5.60. The summed E-state index contributed by atoms with van der Waals surface area (Å²) < 4.78 is 21.4. The van der Waals surface area contributed by atoms with Crippen LogP contribution in [0.5, 0.6) is 5.75 Å². The molecule has 0 aliphatic heterocycles. The van der Waals surface area contributed by atoms with Crippen LogP contribution in [0.2, 0.25) is 0 Å². The molecule has 0 aliphatic carbocycles. The molecule has 2 aromatic heterocycles. The van der Waals surface area contributed by atoms with E-state index >= 15 is 0 Å². The van der Waals surface area contributed by atoms with Gasteiger partial charge in [0, 0.05) is 18.1 Å². The molecule has 0 saturated carbocycles. The summed E-state index contributed by atoms with van der Waals surface area (Å²) in [6, 6.07) is 3.74. The van der Waals surface area contributed by atoms with Crippen molar-refractivity contribution in [3.05, 3.63) is 58.8 Å². The second-order valence-corrected chi connectivity index (χ2v) is 6.53. The third-order valence-corrected chi connectivity index (χ3v) is 4.33. The van der Waals surface area contributed by atoms with Gasteiger partial charge in [-0.25, -0.2) is 9.37 Å². The summed E-state index contributed by atoms with van der Waals surface area (Å²) in [6.07, 6.45) is 4.46. The second-order valence-electron chi connectivity index (χ2n) is 6.53. The van der Waals surface area contributed by atoms with Crippen LogP contribution in [0.1, 0.15) is 22.3 Å². The lowest BCUT2D eigenvalue weighted by molar-refractivity contribution is 0.200. The Morgan fingerprint density at radius 1 is 1.11 bits per heavy atom. The van der Waals surface area contributed by atoms with Crippen molar-refractivity contribution in [2.45, 2.75) is 27.4 Å². The van der Waals surface area contributed by atoms with Crippen LogP contribution in [-0.4, -0.2) is 38.0 Å². The molecule has 3 aromatic rings. The summed E-state index contributed by atoms with van der Waals surface area (Å²) >= 11 is 0. The summed E-state index contributed by atoms with van der Waals surface area (Å²) in [6.45, 7) is 5.70. The topological polar surface area (TPSA) is 92.4 Å². The van der Waals surface area contributed by atoms with Gasteiger partial charge in [-0.05, 0) is 55.2 Å². The Hall–Kier alpha value is -2.97. The zero-order chi connectivity index (χ0) is 20.3. The van der Waals surface area contributed by atoms with Gasteiger partial charge in [-0.2, -0.15) is 4.98 Å². The van der Waals surface area contributed by atoms with E-state index in [1.165, 1.54) is 4.57 Å². The Kier molecular flexibility index (Phi) is 5.91. The van der Waals surface area contributed by atoms with E-state index in [0.717, 1.165) is 34.3 Å². The minimum absolute atomic E-state index is 0.0536. The van der Waals surface area contributed by atoms with Crippen LogP contribution in [0.25, 0.3) is 5.82 Å². The summed E-state index contributed by atoms with van der Waals surface area (Å²) in [4.78, 5) is 8.29. The summed E-state index contributed by atoms with van der Waals surface area (Å²) in [5.41, 5.74) is 4.08. The van der Waals surface area contributed by atoms with Crippen molar-refractivity contribution in [1.82, 2.24) is 14.5 Å². The maximum absolute atomic E-state index is 14.3. The lowest BCUT2D eigenvalue weighted by Crippen LogP contribution is -2.06. The maximum Gasteiger partial charge on any atom is 0.229 e. The predicted molar refractivity (Wildman–Crippen MR) is 104 cm³/mol. The molecule has 0 amide bonds. The van der Waals surface area contributed by atoms with E-state index in [4.69, 9.17) is 9.84 Å². The van der Waals surface area contributed by atoms with Gasteiger partial charge in [-0.15, -0.1) is 0 Å². The van der Waals surface area contributed by atoms with Gasteiger partial charge in [0.25, 0.3) is 0 Å². The molecule has 7 nitrogen and oxygen atoms in total. The first-order chi connectivity index (χ1) is 13.4. The average molecular weight is 386 g/mol. The number of ether oxygens (including phenoxy) is 1. The molecule has 0 spiro atoms. The van der Waals surface area contributed by atoms with Crippen molar-refractivity contribution in [1.29, 1.82) is 0 Å². The fraction of sp³-hybridized carbons (Fsp3) is 0.300. The summed E-state index contributed by atoms with van der Waals surface area (Å²) in [7, 11) is 0. The molecule has 0 saturated heterocycles. The molecule has 28 heavy (non-hydrogen) atoms. The van der Waals surface area contributed by atoms with Crippen molar-refractivity contribution in [3.8, 4) is 11.6 Å². The molecular weight excluding hydrogens is 363 g/mol. The molecule has 0 atom stereocenters. The Morgan fingerprint density at radius 3 is 2.43 bits per heavy atom. The van der Waals surface area contributed by atoms with Crippen LogP contribution in [0.3, 0.4) is 0 Å². The monoisotopic (exact) mass is 386 g/mol. The first-order valence-corrected chi connectivity index (χ1v) is 8.86. The van der Waals surface area contributed by atoms with E-state index in [1.54, 1.807) is 12.4 Å². The number of aliphatic hydroxyl groups is 2. The normalized spacial score (nSPS) is 10.9. The van der Waals surface area contributed by atoms with Gasteiger partial charge < -0.3 is 24.8 Å². The minimum Gasteiger partial charge on any atom is -0.491 e. The highest BCUT2D eigenvalue weighted by atomic mass is 19.1. The SMILES string of the molecule is Cc1cn(-c2nc(Nc3cc(C)c(OCCO)c(C)c3)ncc2F)cc1CO. The van der Waals surface area contributed by atoms with Crippen LogP contribution in [0.4, 0.5) is 16.0 Å². The molecule has 0 aliphatic rings. The first-order valence-electron chi connectivity index (χ1n) is 8.86. The molecule has 1 aromatic carbocycles. The zero-order valence-electron chi connectivity index (χ0n) is 16.0. The molecule has 2 heterocycles. The third kappa shape index (κ3) is 4.13. The Morgan fingerprint density at radius 2 is 1.82 bits per heavy atom. The fourth-order valence-electron chi connectivity index (χ4n) is 3.01. The highest BCUT2D eigenvalue weighted by Gasteiger charge is 2.13. The van der Waals surface area contributed by atoms with Crippen molar-refractivity contribution in [2.24, 2.45) is 0 Å². The zero-order valence-corrected chi connectivity index (χ0v) is 16.0. The maximum atomic E-state index is 14.3. The van der Waals surface area contributed by atoms with Crippen LogP contribution in [-0.2, 0) is 6.61 Å². The number of benzene rings is 1. The van der Waals surface area contributed by atoms with Crippen molar-refractivity contribution in [2.75, 3.05) is 18.5 Å². The van der Waals surface area contributed by atoms with Crippen molar-refractivity contribution >= 4 is 11.6 Å². The molecule has 8 heteroatoms. The summed E-state index contributed by atoms with van der Waals surface area (Å²) in [5.74, 6) is 0.498. The number of aryl methyl sites for hydroxylation is 3. The molecule has 148 valence electrons. The Labute approximate surface area is 162 Å². The van der Waals surface area contributed by atoms with Crippen molar-refractivity contribution in [3.63, 3.8) is 0 Å². The van der Waals surface area contributed by atoms with Gasteiger partial charge in [0.05, 0.1) is 19.4 Å². The number of nitrogens with one attached hydrogen (secondary N) is 1. The van der Waals surface area contributed by atoms with Gasteiger partial charge in [-0.3, -0.25) is 0 Å². The van der Waals surface area contributed by atoms with Gasteiger partial charge >= 0.3 is 0 Å². The average Bonchev–Trinajstić information content (AvgIpc) is 3.03. The van der Waals surface area contributed by atoms with E-state index in [1.807, 2.05) is 32.9 Å². The molecule has 0 radical (unpaired) electrons. The standard InChI is InChI=1S/C20H23FN4O3/c1-12-6-16(7-13(2)18(12)28-5-4-26)23-20-22-8-17(21)19(24-20)25-9-14(3)15(10-25)11-27/h6-10,26-27H,4-5,11H2,1-3H3,(H,22,23,24). The van der Waals surface area contributed by atoms with Crippen molar-refractivity contribution < 1.29 is 19.3 Å². The van der Waals surface area contributed by atoms with Crippen LogP contribution in [0, 0.1) is 26.6 Å². The molecule has 3 rings (SSSR count). The highest BCUT2D eigenvalue weighted by Crippen LogP contribution is 2.28. The van der Waals surface area contributed by atoms with Gasteiger partial charge in [0.15, 0.2) is 11.6 Å². The molecule has 3 N–H and O–H groups in total. The van der Waals surface area contributed by atoms with Gasteiger partial charge in [-0.1, -0.05) is 0 Å². The smallest absolute Gasteiger partial charge is 0.229 e. The minimum atomic E-state index is -0.565. The van der Waals surface area contributed by atoms with Crippen LogP contribution < -0.4 is 10.1 Å². The summed E-state index contributed by atoms with van der Waals surface area (Å²) in [5, 5.41) is 21.4. The molecular formula is C20H23FN4O3. The number of aromatic nitrogens is 3. The van der Waals surface area contributed by atoms with E-state index in [2.05, 4.69) is 15.3 Å². The fourth-order valence-corrected chi connectivity index (χ4v) is 3.01. The second kappa shape index (κ2) is 8.37. The van der Waals surface area contributed by atoms with E-state index in [0.29, 0.717) is 5.56 Å². The van der Waals surface area contributed by atoms with Crippen LogP contribution in [0.15, 0.2) is 30.7 Å². The first kappa shape index (κ1) is 19.8. The van der Waals surface area contributed by atoms with E-state index in [9.17, 15) is 9.50 Å². The van der Waals surface area contributed by atoms with E-state index < -0.39 is 5.82 Å². The predicted octanol–water partition coefficient (Wildman–Crippen LogP) is 2.94. The Balaban J connectivity index is 1.89. The third-order valence-electron chi connectivity index (χ3n) is 4.33. The Bertz CT molecular complexity index is 965. The quantitative estimate of drug-likeness (QED) is 0.578. The van der Waals surface area contributed by atoms with Gasteiger partial charge in [0.2, 0.25) is 5.95 Å².